The SMILES string of the molecule is CC(C)n1ncc2ccc3cnc(Nc4ccc(N(CCN5CCOCC5)S(C)(=O)=O)cc4)nc3c21. The molecule has 1 saturated heterocycles. The summed E-state index contributed by atoms with van der Waals surface area (Å²) in [4.78, 5) is 11.5. The van der Waals surface area contributed by atoms with Crippen LogP contribution in [0.4, 0.5) is 17.3 Å². The van der Waals surface area contributed by atoms with Crippen molar-refractivity contribution in [2.75, 3.05) is 55.3 Å². The minimum Gasteiger partial charge on any atom is -0.379 e. The van der Waals surface area contributed by atoms with Crippen LogP contribution in [0.5, 0.6) is 0 Å². The minimum absolute atomic E-state index is 0.202. The summed E-state index contributed by atoms with van der Waals surface area (Å²) in [7, 11) is -3.42. The Kier molecular flexibility index (Phi) is 6.78. The van der Waals surface area contributed by atoms with Crippen LogP contribution in [0.2, 0.25) is 0 Å². The molecule has 0 aliphatic carbocycles. The molecule has 0 radical (unpaired) electrons. The quantitative estimate of drug-likeness (QED) is 0.385. The molecule has 1 aliphatic rings. The lowest BCUT2D eigenvalue weighted by molar-refractivity contribution is 0.0395. The molecular formula is C25H31N7O3S. The molecule has 1 aliphatic heterocycles. The first kappa shape index (κ1) is 24.4. The van der Waals surface area contributed by atoms with Gasteiger partial charge in [0.15, 0.2) is 0 Å². The molecule has 190 valence electrons. The van der Waals surface area contributed by atoms with Crippen LogP contribution in [0, 0.1) is 0 Å². The number of rotatable bonds is 8. The van der Waals surface area contributed by atoms with Crippen LogP contribution in [0.1, 0.15) is 19.9 Å². The maximum atomic E-state index is 12.5. The molecule has 3 heterocycles. The van der Waals surface area contributed by atoms with Gasteiger partial charge in [-0.05, 0) is 38.1 Å². The molecule has 0 saturated carbocycles. The molecule has 0 bridgehead atoms. The molecule has 10 nitrogen and oxygen atoms in total. The van der Waals surface area contributed by atoms with Gasteiger partial charge in [0, 0.05) is 54.9 Å². The Hall–Kier alpha value is -3.28. The first-order chi connectivity index (χ1) is 17.3. The first-order valence-corrected chi connectivity index (χ1v) is 13.9. The number of benzene rings is 2. The Labute approximate surface area is 210 Å². The Bertz CT molecular complexity index is 1460. The average molecular weight is 510 g/mol. The minimum atomic E-state index is -3.42. The molecule has 0 amide bonds. The van der Waals surface area contributed by atoms with Crippen molar-refractivity contribution in [3.05, 3.63) is 48.8 Å². The second kappa shape index (κ2) is 10.00. The van der Waals surface area contributed by atoms with Crippen molar-refractivity contribution >= 4 is 49.2 Å². The Morgan fingerprint density at radius 1 is 1.06 bits per heavy atom. The zero-order valence-corrected chi connectivity index (χ0v) is 21.6. The number of sulfonamides is 1. The smallest absolute Gasteiger partial charge is 0.232 e. The lowest BCUT2D eigenvalue weighted by Crippen LogP contribution is -2.43. The fourth-order valence-electron chi connectivity index (χ4n) is 4.46. The predicted octanol–water partition coefficient (Wildman–Crippen LogP) is 3.40. The number of anilines is 3. The highest BCUT2D eigenvalue weighted by molar-refractivity contribution is 7.92. The van der Waals surface area contributed by atoms with Gasteiger partial charge >= 0.3 is 0 Å². The summed E-state index contributed by atoms with van der Waals surface area (Å²) < 4.78 is 33.8. The monoisotopic (exact) mass is 509 g/mol. The molecule has 11 heteroatoms. The second-order valence-corrected chi connectivity index (χ2v) is 11.2. The maximum absolute atomic E-state index is 12.5. The van der Waals surface area contributed by atoms with Crippen LogP contribution in [-0.4, -0.2) is 78.7 Å². The van der Waals surface area contributed by atoms with Crippen molar-refractivity contribution in [2.24, 2.45) is 0 Å². The van der Waals surface area contributed by atoms with Gasteiger partial charge in [0.1, 0.15) is 5.52 Å². The number of hydrogen-bond acceptors (Lipinski definition) is 8. The van der Waals surface area contributed by atoms with E-state index in [2.05, 4.69) is 34.1 Å². The Morgan fingerprint density at radius 2 is 1.78 bits per heavy atom. The molecule has 0 unspecified atom stereocenters. The highest BCUT2D eigenvalue weighted by atomic mass is 32.2. The topological polar surface area (TPSA) is 105 Å². The zero-order chi connectivity index (χ0) is 25.3. The van der Waals surface area contributed by atoms with Gasteiger partial charge in [0.2, 0.25) is 16.0 Å². The van der Waals surface area contributed by atoms with Gasteiger partial charge in [-0.2, -0.15) is 5.10 Å². The van der Waals surface area contributed by atoms with Gasteiger partial charge in [0.25, 0.3) is 0 Å². The predicted molar refractivity (Wildman–Crippen MR) is 142 cm³/mol. The van der Waals surface area contributed by atoms with Crippen molar-refractivity contribution in [1.82, 2.24) is 24.6 Å². The van der Waals surface area contributed by atoms with Crippen molar-refractivity contribution in [3.63, 3.8) is 0 Å². The molecule has 0 spiro atoms. The lowest BCUT2D eigenvalue weighted by atomic mass is 10.2. The molecule has 1 fully saturated rings. The average Bonchev–Trinajstić information content (AvgIpc) is 3.30. The van der Waals surface area contributed by atoms with Gasteiger partial charge in [0.05, 0.1) is 36.9 Å². The molecule has 36 heavy (non-hydrogen) atoms. The van der Waals surface area contributed by atoms with Crippen molar-refractivity contribution < 1.29 is 13.2 Å². The second-order valence-electron chi connectivity index (χ2n) is 9.28. The van der Waals surface area contributed by atoms with Crippen LogP contribution < -0.4 is 9.62 Å². The Morgan fingerprint density at radius 3 is 2.47 bits per heavy atom. The van der Waals surface area contributed by atoms with Gasteiger partial charge < -0.3 is 10.1 Å². The molecule has 2 aromatic carbocycles. The van der Waals surface area contributed by atoms with Crippen LogP contribution >= 0.6 is 0 Å². The van der Waals surface area contributed by atoms with Gasteiger partial charge in [-0.3, -0.25) is 13.9 Å². The molecule has 0 atom stereocenters. The van der Waals surface area contributed by atoms with E-state index in [9.17, 15) is 8.42 Å². The zero-order valence-electron chi connectivity index (χ0n) is 20.8. The van der Waals surface area contributed by atoms with Crippen molar-refractivity contribution in [3.8, 4) is 0 Å². The normalized spacial score (nSPS) is 15.1. The fourth-order valence-corrected chi connectivity index (χ4v) is 5.38. The lowest BCUT2D eigenvalue weighted by Gasteiger charge is -2.30. The van der Waals surface area contributed by atoms with Gasteiger partial charge in [-0.25, -0.2) is 18.4 Å². The van der Waals surface area contributed by atoms with E-state index in [4.69, 9.17) is 9.72 Å². The highest BCUT2D eigenvalue weighted by Gasteiger charge is 2.20. The van der Waals surface area contributed by atoms with Crippen LogP contribution in [0.25, 0.3) is 21.8 Å². The van der Waals surface area contributed by atoms with E-state index < -0.39 is 10.0 Å². The summed E-state index contributed by atoms with van der Waals surface area (Å²) >= 11 is 0. The van der Waals surface area contributed by atoms with Crippen LogP contribution in [-0.2, 0) is 14.8 Å². The molecule has 2 aromatic heterocycles. The van der Waals surface area contributed by atoms with Crippen LogP contribution in [0.15, 0.2) is 48.8 Å². The van der Waals surface area contributed by atoms with Crippen molar-refractivity contribution in [2.45, 2.75) is 19.9 Å². The molecule has 5 rings (SSSR count). The number of ether oxygens (including phenoxy) is 1. The standard InChI is InChI=1S/C25H31N7O3S/c1-18(2)32-24-20(17-27-32)5-4-19-16-26-25(29-23(19)24)28-21-6-8-22(9-7-21)31(36(3,33)34)11-10-30-12-14-35-15-13-30/h4-9,16-18H,10-15H2,1-3H3,(H,26,28,29). The summed E-state index contributed by atoms with van der Waals surface area (Å²) in [5.74, 6) is 0.464. The molecule has 4 aromatic rings. The summed E-state index contributed by atoms with van der Waals surface area (Å²) in [6, 6.07) is 11.5. The van der Waals surface area contributed by atoms with Gasteiger partial charge in [-0.1, -0.05) is 12.1 Å². The summed E-state index contributed by atoms with van der Waals surface area (Å²) in [5, 5.41) is 9.74. The van der Waals surface area contributed by atoms with E-state index in [-0.39, 0.29) is 6.04 Å². The third-order valence-corrected chi connectivity index (χ3v) is 7.53. The number of nitrogens with one attached hydrogen (secondary N) is 1. The van der Waals surface area contributed by atoms with Crippen molar-refractivity contribution in [1.29, 1.82) is 0 Å². The van der Waals surface area contributed by atoms with E-state index >= 15 is 0 Å². The van der Waals surface area contributed by atoms with E-state index in [0.717, 1.165) is 40.6 Å². The third-order valence-electron chi connectivity index (χ3n) is 6.33. The summed E-state index contributed by atoms with van der Waals surface area (Å²) in [6.45, 7) is 8.22. The van der Waals surface area contributed by atoms with E-state index in [1.807, 2.05) is 35.1 Å². The van der Waals surface area contributed by atoms with Gasteiger partial charge in [-0.15, -0.1) is 0 Å². The summed E-state index contributed by atoms with van der Waals surface area (Å²) in [6.07, 6.45) is 4.90. The fraction of sp³-hybridized carbons (Fsp3) is 0.400. The highest BCUT2D eigenvalue weighted by Crippen LogP contribution is 2.27. The van der Waals surface area contributed by atoms with E-state index in [1.54, 1.807) is 18.3 Å². The molecular weight excluding hydrogens is 478 g/mol. The number of fused-ring (bicyclic) bond motifs is 3. The summed E-state index contributed by atoms with van der Waals surface area (Å²) in [5.41, 5.74) is 3.20. The molecule has 1 N–H and O–H groups in total. The largest absolute Gasteiger partial charge is 0.379 e. The number of morpholine rings is 1. The van der Waals surface area contributed by atoms with E-state index in [0.29, 0.717) is 37.9 Å². The number of hydrogen-bond donors (Lipinski definition) is 1. The number of aromatic nitrogens is 4. The maximum Gasteiger partial charge on any atom is 0.232 e. The van der Waals surface area contributed by atoms with Crippen LogP contribution in [0.3, 0.4) is 0 Å². The third kappa shape index (κ3) is 5.13. The first-order valence-electron chi connectivity index (χ1n) is 12.1. The Balaban J connectivity index is 1.37. The van der Waals surface area contributed by atoms with E-state index in [1.165, 1.54) is 10.6 Å². The number of nitrogens with zero attached hydrogens (tertiary/aromatic N) is 6.